The third-order valence-corrected chi connectivity index (χ3v) is 6.26. The molecule has 0 unspecified atom stereocenters. The van der Waals surface area contributed by atoms with Crippen molar-refractivity contribution in [3.05, 3.63) is 47.3 Å². The van der Waals surface area contributed by atoms with Crippen molar-refractivity contribution in [3.8, 4) is 0 Å². The average Bonchev–Trinajstić information content (AvgIpc) is 2.74. The summed E-state index contributed by atoms with van der Waals surface area (Å²) in [6.45, 7) is 3.83. The van der Waals surface area contributed by atoms with Gasteiger partial charge in [-0.3, -0.25) is 0 Å². The molecule has 1 saturated carbocycles. The molecule has 1 aliphatic rings. The maximum atomic E-state index is 10.3. The summed E-state index contributed by atoms with van der Waals surface area (Å²) in [5.41, 5.74) is 0. The van der Waals surface area contributed by atoms with Crippen LogP contribution in [-0.2, 0) is 32.7 Å². The molecule has 131 valence electrons. The number of hydrogen-bond donors (Lipinski definition) is 1. The topological polar surface area (TPSA) is 20.2 Å². The Balaban J connectivity index is 0.00000288. The summed E-state index contributed by atoms with van der Waals surface area (Å²) in [5.74, 6) is 1.30. The van der Waals surface area contributed by atoms with Crippen molar-refractivity contribution >= 4 is 46.6 Å². The quantitative estimate of drug-likeness (QED) is 0.215. The Morgan fingerprint density at radius 1 is 1.17 bits per heavy atom. The Kier molecular flexibility index (Phi) is 11.5. The largest absolute Gasteiger partial charge is 0.393 e. The van der Waals surface area contributed by atoms with Crippen LogP contribution in [0.1, 0.15) is 25.7 Å². The van der Waals surface area contributed by atoms with Gasteiger partial charge in [0.2, 0.25) is 0 Å². The zero-order chi connectivity index (χ0) is 16.8. The van der Waals surface area contributed by atoms with Crippen LogP contribution in [0.4, 0.5) is 0 Å². The Labute approximate surface area is 189 Å². The van der Waals surface area contributed by atoms with E-state index in [-0.39, 0.29) is 50.1 Å². The molecule has 1 fully saturated rings. The zero-order valence-electron chi connectivity index (χ0n) is 13.5. The van der Waals surface area contributed by atoms with Crippen LogP contribution in [0.2, 0.25) is 10.0 Å². The van der Waals surface area contributed by atoms with E-state index in [9.17, 15) is 5.11 Å². The van der Waals surface area contributed by atoms with Gasteiger partial charge in [-0.15, -0.1) is 23.4 Å². The van der Waals surface area contributed by atoms with E-state index in [1.54, 1.807) is 17.8 Å². The first-order valence-electron chi connectivity index (χ1n) is 7.86. The minimum atomic E-state index is -0.342. The molecule has 1 aromatic rings. The van der Waals surface area contributed by atoms with E-state index in [2.05, 4.69) is 19.1 Å². The summed E-state index contributed by atoms with van der Waals surface area (Å²) in [5, 5.41) is 11.6. The fourth-order valence-electron chi connectivity index (χ4n) is 2.98. The van der Waals surface area contributed by atoms with Crippen molar-refractivity contribution in [2.75, 3.05) is 5.75 Å². The summed E-state index contributed by atoms with van der Waals surface area (Å²) in [6.07, 6.45) is 7.46. The molecule has 0 heterocycles. The van der Waals surface area contributed by atoms with Gasteiger partial charge in [-0.2, -0.15) is 6.42 Å². The van der Waals surface area contributed by atoms with Crippen molar-refractivity contribution in [2.24, 2.45) is 11.8 Å². The standard InChI is InChI=1S/C18H22Cl3OS.Y/c1-2-3-4-5-6-15-16(18(22)10-17(15)21)11-23-14-8-12(19)7-13(20)9-14;/h4-5,7-9,15-18,22H,1-3,6,10-11H2;/q-1;/b5-4-;/t15-,16-,17-,18-;/m1./s1. The van der Waals surface area contributed by atoms with Crippen LogP contribution < -0.4 is 0 Å². The first-order valence-corrected chi connectivity index (χ1v) is 10.0. The van der Waals surface area contributed by atoms with Gasteiger partial charge in [0.1, 0.15) is 0 Å². The number of hydrogen-bond acceptors (Lipinski definition) is 2. The molecule has 0 saturated heterocycles. The van der Waals surface area contributed by atoms with E-state index < -0.39 is 0 Å². The van der Waals surface area contributed by atoms with E-state index in [0.717, 1.165) is 29.9 Å². The second-order valence-corrected chi connectivity index (χ2v) is 8.44. The van der Waals surface area contributed by atoms with Gasteiger partial charge in [-0.1, -0.05) is 41.8 Å². The predicted molar refractivity (Wildman–Crippen MR) is 103 cm³/mol. The number of aliphatic hydroxyl groups is 1. The Hall–Kier alpha value is 1.24. The van der Waals surface area contributed by atoms with E-state index >= 15 is 0 Å². The van der Waals surface area contributed by atoms with Crippen LogP contribution in [0, 0.1) is 18.8 Å². The van der Waals surface area contributed by atoms with Gasteiger partial charge in [-0.05, 0) is 42.9 Å². The summed E-state index contributed by atoms with van der Waals surface area (Å²) in [6, 6.07) is 5.53. The van der Waals surface area contributed by atoms with Crippen LogP contribution in [-0.4, -0.2) is 22.3 Å². The SMILES string of the molecule is [CH2-]CC/C=C\C[C@@H]1[C@@H](CSc2cc(Cl)cc(Cl)c2)[C@H](O)C[C@H]1Cl.[Y]. The second-order valence-electron chi connectivity index (χ2n) is 5.91. The van der Waals surface area contributed by atoms with Crippen LogP contribution in [0.25, 0.3) is 0 Å². The van der Waals surface area contributed by atoms with Crippen molar-refractivity contribution in [1.82, 2.24) is 0 Å². The summed E-state index contributed by atoms with van der Waals surface area (Å²) >= 11 is 20.2. The van der Waals surface area contributed by atoms with Crippen molar-refractivity contribution in [2.45, 2.75) is 42.1 Å². The summed E-state index contributed by atoms with van der Waals surface area (Å²) < 4.78 is 0. The third kappa shape index (κ3) is 7.10. The number of alkyl halides is 1. The third-order valence-electron chi connectivity index (χ3n) is 4.20. The molecular formula is C18H22Cl3OSY-. The fraction of sp³-hybridized carbons (Fsp3) is 0.500. The van der Waals surface area contributed by atoms with Crippen LogP contribution >= 0.6 is 46.6 Å². The second kappa shape index (κ2) is 11.9. The number of unbranched alkanes of at least 4 members (excludes halogenated alkanes) is 1. The van der Waals surface area contributed by atoms with E-state index in [0.29, 0.717) is 22.4 Å². The molecule has 1 N–H and O–H groups in total. The number of thioether (sulfide) groups is 1. The van der Waals surface area contributed by atoms with E-state index in [1.807, 2.05) is 12.1 Å². The monoisotopic (exact) mass is 480 g/mol. The van der Waals surface area contributed by atoms with Gasteiger partial charge in [0, 0.05) is 58.8 Å². The molecule has 0 bridgehead atoms. The van der Waals surface area contributed by atoms with Gasteiger partial charge < -0.3 is 12.0 Å². The van der Waals surface area contributed by atoms with E-state index in [4.69, 9.17) is 34.8 Å². The molecule has 24 heavy (non-hydrogen) atoms. The fourth-order valence-corrected chi connectivity index (χ4v) is 5.39. The number of benzene rings is 1. The van der Waals surface area contributed by atoms with Gasteiger partial charge in [-0.25, -0.2) is 0 Å². The molecule has 4 atom stereocenters. The molecule has 0 spiro atoms. The zero-order valence-corrected chi connectivity index (χ0v) is 19.4. The van der Waals surface area contributed by atoms with Crippen LogP contribution in [0.15, 0.2) is 35.2 Å². The summed E-state index contributed by atoms with van der Waals surface area (Å²) in [4.78, 5) is 1.03. The molecule has 1 aromatic carbocycles. The van der Waals surface area contributed by atoms with Crippen molar-refractivity contribution < 1.29 is 37.8 Å². The predicted octanol–water partition coefficient (Wildman–Crippen LogP) is 6.25. The van der Waals surface area contributed by atoms with Crippen molar-refractivity contribution in [1.29, 1.82) is 0 Å². The number of allylic oxidation sites excluding steroid dienone is 2. The minimum Gasteiger partial charge on any atom is -0.393 e. The smallest absolute Gasteiger partial charge is 0.0593 e. The van der Waals surface area contributed by atoms with Gasteiger partial charge in [0.05, 0.1) is 6.10 Å². The molecule has 6 heteroatoms. The summed E-state index contributed by atoms with van der Waals surface area (Å²) in [7, 11) is 0. The Morgan fingerprint density at radius 3 is 2.46 bits per heavy atom. The molecule has 1 nitrogen and oxygen atoms in total. The average molecular weight is 482 g/mol. The Morgan fingerprint density at radius 2 is 1.83 bits per heavy atom. The van der Waals surface area contributed by atoms with Crippen LogP contribution in [0.3, 0.4) is 0 Å². The maximum Gasteiger partial charge on any atom is 0.0593 e. The van der Waals surface area contributed by atoms with Crippen molar-refractivity contribution in [3.63, 3.8) is 0 Å². The number of rotatable bonds is 7. The number of aliphatic hydroxyl groups excluding tert-OH is 1. The van der Waals surface area contributed by atoms with E-state index in [1.165, 1.54) is 0 Å². The Bertz CT molecular complexity index is 521. The van der Waals surface area contributed by atoms with Crippen LogP contribution in [0.5, 0.6) is 0 Å². The molecular weight excluding hydrogens is 460 g/mol. The molecule has 0 aromatic heterocycles. The number of halogens is 3. The maximum absolute atomic E-state index is 10.3. The molecule has 1 aliphatic carbocycles. The normalized spacial score (nSPS) is 26.7. The minimum absolute atomic E-state index is 0. The van der Waals surface area contributed by atoms with Gasteiger partial charge >= 0.3 is 0 Å². The molecule has 0 aliphatic heterocycles. The first-order chi connectivity index (χ1) is 11.0. The first kappa shape index (κ1) is 23.3. The molecule has 1 radical (unpaired) electrons. The van der Waals surface area contributed by atoms with Gasteiger partial charge in [0.15, 0.2) is 0 Å². The molecule has 2 rings (SSSR count). The van der Waals surface area contributed by atoms with Gasteiger partial charge in [0.25, 0.3) is 0 Å². The molecule has 0 amide bonds.